The highest BCUT2D eigenvalue weighted by molar-refractivity contribution is 5.19. The van der Waals surface area contributed by atoms with E-state index in [1.807, 2.05) is 13.0 Å². The van der Waals surface area contributed by atoms with Crippen LogP contribution in [0.1, 0.15) is 23.5 Å². The van der Waals surface area contributed by atoms with E-state index in [9.17, 15) is 0 Å². The van der Waals surface area contributed by atoms with Gasteiger partial charge in [0.15, 0.2) is 0 Å². The standard InChI is InChI=1S/C11H19NO3/c1-9-10(7-12)6-11(15-9)8-14-5-3-4-13-2/h6H,3-5,7-8,12H2,1-2H3. The van der Waals surface area contributed by atoms with Crippen LogP contribution in [0.5, 0.6) is 0 Å². The van der Waals surface area contributed by atoms with Crippen molar-refractivity contribution in [3.05, 3.63) is 23.2 Å². The van der Waals surface area contributed by atoms with Gasteiger partial charge in [0.1, 0.15) is 18.1 Å². The third kappa shape index (κ3) is 4.03. The van der Waals surface area contributed by atoms with Gasteiger partial charge in [0.25, 0.3) is 0 Å². The van der Waals surface area contributed by atoms with Crippen LogP contribution in [0, 0.1) is 6.92 Å². The first-order chi connectivity index (χ1) is 7.27. The molecule has 15 heavy (non-hydrogen) atoms. The molecule has 0 amide bonds. The van der Waals surface area contributed by atoms with Crippen molar-refractivity contribution in [2.24, 2.45) is 5.73 Å². The summed E-state index contributed by atoms with van der Waals surface area (Å²) in [6.45, 7) is 4.34. The van der Waals surface area contributed by atoms with Gasteiger partial charge in [-0.3, -0.25) is 0 Å². The molecule has 0 aromatic carbocycles. The molecule has 0 saturated heterocycles. The Morgan fingerprint density at radius 3 is 2.80 bits per heavy atom. The Morgan fingerprint density at radius 2 is 2.20 bits per heavy atom. The van der Waals surface area contributed by atoms with Gasteiger partial charge in [0.05, 0.1) is 0 Å². The molecule has 1 heterocycles. The average molecular weight is 213 g/mol. The lowest BCUT2D eigenvalue weighted by Crippen LogP contribution is -1.98. The van der Waals surface area contributed by atoms with Crippen molar-refractivity contribution < 1.29 is 13.9 Å². The second-order valence-corrected chi connectivity index (χ2v) is 3.40. The number of nitrogens with two attached hydrogens (primary N) is 1. The fourth-order valence-electron chi connectivity index (χ4n) is 1.34. The van der Waals surface area contributed by atoms with Crippen molar-refractivity contribution in [3.8, 4) is 0 Å². The van der Waals surface area contributed by atoms with E-state index >= 15 is 0 Å². The van der Waals surface area contributed by atoms with Crippen LogP contribution in [0.25, 0.3) is 0 Å². The minimum atomic E-state index is 0.505. The Morgan fingerprint density at radius 1 is 1.40 bits per heavy atom. The number of hydrogen-bond acceptors (Lipinski definition) is 4. The van der Waals surface area contributed by atoms with E-state index in [2.05, 4.69) is 0 Å². The van der Waals surface area contributed by atoms with Crippen LogP contribution in [0.15, 0.2) is 10.5 Å². The summed E-state index contributed by atoms with van der Waals surface area (Å²) in [5.74, 6) is 1.72. The molecule has 2 N–H and O–H groups in total. The highest BCUT2D eigenvalue weighted by Gasteiger charge is 2.05. The average Bonchev–Trinajstić information content (AvgIpc) is 2.59. The minimum absolute atomic E-state index is 0.505. The van der Waals surface area contributed by atoms with Crippen LogP contribution in [0.4, 0.5) is 0 Å². The van der Waals surface area contributed by atoms with Gasteiger partial charge in [0, 0.05) is 32.4 Å². The lowest BCUT2D eigenvalue weighted by Gasteiger charge is -2.00. The summed E-state index contributed by atoms with van der Waals surface area (Å²) in [5, 5.41) is 0. The molecule has 0 unspecified atom stereocenters. The van der Waals surface area contributed by atoms with Gasteiger partial charge in [-0.1, -0.05) is 0 Å². The number of aryl methyl sites for hydroxylation is 1. The van der Waals surface area contributed by atoms with E-state index in [4.69, 9.17) is 19.6 Å². The van der Waals surface area contributed by atoms with Crippen molar-refractivity contribution in [1.29, 1.82) is 0 Å². The molecule has 1 rings (SSSR count). The first kappa shape index (κ1) is 12.2. The molecule has 0 bridgehead atoms. The van der Waals surface area contributed by atoms with Crippen LogP contribution in [-0.4, -0.2) is 20.3 Å². The first-order valence-corrected chi connectivity index (χ1v) is 5.13. The zero-order valence-corrected chi connectivity index (χ0v) is 9.41. The van der Waals surface area contributed by atoms with Crippen LogP contribution in [0.3, 0.4) is 0 Å². The normalized spacial score (nSPS) is 10.9. The SMILES string of the molecule is COCCCOCc1cc(CN)c(C)o1. The number of furan rings is 1. The van der Waals surface area contributed by atoms with Gasteiger partial charge >= 0.3 is 0 Å². The Hall–Kier alpha value is -0.840. The molecule has 4 heteroatoms. The maximum Gasteiger partial charge on any atom is 0.130 e. The van der Waals surface area contributed by atoms with Crippen LogP contribution in [0.2, 0.25) is 0 Å². The topological polar surface area (TPSA) is 57.6 Å². The van der Waals surface area contributed by atoms with Gasteiger partial charge in [0.2, 0.25) is 0 Å². The summed E-state index contributed by atoms with van der Waals surface area (Å²) < 4.78 is 15.8. The smallest absolute Gasteiger partial charge is 0.130 e. The fourth-order valence-corrected chi connectivity index (χ4v) is 1.34. The Balaban J connectivity index is 2.25. The van der Waals surface area contributed by atoms with Crippen LogP contribution in [-0.2, 0) is 22.6 Å². The predicted octanol–water partition coefficient (Wildman–Crippen LogP) is 1.60. The molecule has 0 radical (unpaired) electrons. The second kappa shape index (κ2) is 6.61. The summed E-state index contributed by atoms with van der Waals surface area (Å²) in [6, 6.07) is 1.95. The first-order valence-electron chi connectivity index (χ1n) is 5.13. The lowest BCUT2D eigenvalue weighted by molar-refractivity contribution is 0.0823. The summed E-state index contributed by atoms with van der Waals surface area (Å²) in [5.41, 5.74) is 6.59. The van der Waals surface area contributed by atoms with Gasteiger partial charge < -0.3 is 19.6 Å². The summed E-state index contributed by atoms with van der Waals surface area (Å²) in [4.78, 5) is 0. The monoisotopic (exact) mass is 213 g/mol. The molecule has 4 nitrogen and oxygen atoms in total. The minimum Gasteiger partial charge on any atom is -0.464 e. The zero-order valence-electron chi connectivity index (χ0n) is 9.41. The van der Waals surface area contributed by atoms with Crippen molar-refractivity contribution in [3.63, 3.8) is 0 Å². The Kier molecular flexibility index (Phi) is 5.39. The summed E-state index contributed by atoms with van der Waals surface area (Å²) >= 11 is 0. The third-order valence-corrected chi connectivity index (χ3v) is 2.17. The van der Waals surface area contributed by atoms with Gasteiger partial charge in [-0.25, -0.2) is 0 Å². The molecule has 0 aliphatic heterocycles. The van der Waals surface area contributed by atoms with Gasteiger partial charge in [-0.15, -0.1) is 0 Å². The van der Waals surface area contributed by atoms with Gasteiger partial charge in [-0.05, 0) is 19.4 Å². The second-order valence-electron chi connectivity index (χ2n) is 3.40. The van der Waals surface area contributed by atoms with E-state index in [1.54, 1.807) is 7.11 Å². The molecule has 1 aromatic heterocycles. The molecule has 0 saturated carbocycles. The third-order valence-electron chi connectivity index (χ3n) is 2.17. The highest BCUT2D eigenvalue weighted by Crippen LogP contribution is 2.14. The van der Waals surface area contributed by atoms with Crippen molar-refractivity contribution >= 4 is 0 Å². The van der Waals surface area contributed by atoms with E-state index < -0.39 is 0 Å². The molecule has 0 atom stereocenters. The van der Waals surface area contributed by atoms with Crippen molar-refractivity contribution in [1.82, 2.24) is 0 Å². The summed E-state index contributed by atoms with van der Waals surface area (Å²) in [6.07, 6.45) is 0.903. The van der Waals surface area contributed by atoms with E-state index in [1.165, 1.54) is 0 Å². The van der Waals surface area contributed by atoms with Crippen LogP contribution >= 0.6 is 0 Å². The van der Waals surface area contributed by atoms with Crippen molar-refractivity contribution in [2.45, 2.75) is 26.5 Å². The largest absolute Gasteiger partial charge is 0.464 e. The molecular formula is C11H19NO3. The zero-order chi connectivity index (χ0) is 11.1. The van der Waals surface area contributed by atoms with Gasteiger partial charge in [-0.2, -0.15) is 0 Å². The molecule has 86 valence electrons. The summed E-state index contributed by atoms with van der Waals surface area (Å²) in [7, 11) is 1.68. The number of rotatable bonds is 7. The Labute approximate surface area is 90.3 Å². The number of ether oxygens (including phenoxy) is 2. The van der Waals surface area contributed by atoms with Crippen molar-refractivity contribution in [2.75, 3.05) is 20.3 Å². The number of methoxy groups -OCH3 is 1. The molecule has 0 spiro atoms. The lowest BCUT2D eigenvalue weighted by atomic mass is 10.2. The van der Waals surface area contributed by atoms with E-state index in [-0.39, 0.29) is 0 Å². The predicted molar refractivity (Wildman–Crippen MR) is 57.5 cm³/mol. The molecule has 1 aromatic rings. The number of hydrogen-bond donors (Lipinski definition) is 1. The van der Waals surface area contributed by atoms with E-state index in [0.29, 0.717) is 19.8 Å². The molecule has 0 aliphatic rings. The van der Waals surface area contributed by atoms with E-state index in [0.717, 1.165) is 30.1 Å². The molecule has 0 aliphatic carbocycles. The molecule has 0 fully saturated rings. The van der Waals surface area contributed by atoms with Crippen LogP contribution < -0.4 is 5.73 Å². The quantitative estimate of drug-likeness (QED) is 0.699. The fraction of sp³-hybridized carbons (Fsp3) is 0.636. The molecular weight excluding hydrogens is 194 g/mol. The maximum atomic E-state index is 5.54. The Bertz CT molecular complexity index is 283. The highest BCUT2D eigenvalue weighted by atomic mass is 16.5. The maximum absolute atomic E-state index is 5.54.